The summed E-state index contributed by atoms with van der Waals surface area (Å²) in [4.78, 5) is 19.5. The summed E-state index contributed by atoms with van der Waals surface area (Å²) in [5.41, 5.74) is 2.30. The zero-order chi connectivity index (χ0) is 18.5. The summed E-state index contributed by atoms with van der Waals surface area (Å²) in [5, 5.41) is 3.91. The van der Waals surface area contributed by atoms with E-state index in [4.69, 9.17) is 4.98 Å². The molecular formula is C21H22N4OS. The fourth-order valence-corrected chi connectivity index (χ4v) is 4.14. The Morgan fingerprint density at radius 1 is 1.07 bits per heavy atom. The van der Waals surface area contributed by atoms with Crippen molar-refractivity contribution in [1.82, 2.24) is 14.7 Å². The van der Waals surface area contributed by atoms with Gasteiger partial charge in [-0.3, -0.25) is 4.79 Å². The van der Waals surface area contributed by atoms with Crippen molar-refractivity contribution in [2.24, 2.45) is 0 Å². The summed E-state index contributed by atoms with van der Waals surface area (Å²) in [6.45, 7) is 1.41. The summed E-state index contributed by atoms with van der Waals surface area (Å²) in [6, 6.07) is 20.0. The van der Waals surface area contributed by atoms with Gasteiger partial charge in [-0.25, -0.2) is 4.98 Å². The third kappa shape index (κ3) is 4.34. The van der Waals surface area contributed by atoms with Crippen LogP contribution in [-0.4, -0.2) is 27.9 Å². The molecule has 6 heteroatoms. The third-order valence-electron chi connectivity index (χ3n) is 4.77. The van der Waals surface area contributed by atoms with Gasteiger partial charge in [0.2, 0.25) is 11.0 Å². The third-order valence-corrected chi connectivity index (χ3v) is 5.56. The van der Waals surface area contributed by atoms with E-state index in [-0.39, 0.29) is 11.9 Å². The van der Waals surface area contributed by atoms with Gasteiger partial charge < -0.3 is 10.2 Å². The lowest BCUT2D eigenvalue weighted by atomic mass is 10.1. The van der Waals surface area contributed by atoms with Crippen LogP contribution >= 0.6 is 11.5 Å². The van der Waals surface area contributed by atoms with E-state index in [1.54, 1.807) is 0 Å². The van der Waals surface area contributed by atoms with Gasteiger partial charge in [0.1, 0.15) is 11.9 Å². The molecule has 1 aliphatic rings. The molecule has 3 aromatic rings. The van der Waals surface area contributed by atoms with Gasteiger partial charge in [0, 0.05) is 31.0 Å². The average molecular weight is 379 g/mol. The van der Waals surface area contributed by atoms with E-state index in [1.165, 1.54) is 17.1 Å². The van der Waals surface area contributed by atoms with Gasteiger partial charge in [0.25, 0.3) is 0 Å². The Morgan fingerprint density at radius 3 is 2.52 bits per heavy atom. The average Bonchev–Trinajstić information content (AvgIpc) is 3.37. The molecule has 5 nitrogen and oxygen atoms in total. The minimum Gasteiger partial charge on any atom is -0.350 e. The van der Waals surface area contributed by atoms with Crippen molar-refractivity contribution in [1.29, 1.82) is 0 Å². The molecule has 0 radical (unpaired) electrons. The SMILES string of the molecule is O=C(NCc1ccccc1)C1CCCN1c1nc(Cc2ccccc2)ns1. The number of hydrogen-bond acceptors (Lipinski definition) is 5. The van der Waals surface area contributed by atoms with Gasteiger partial charge in [-0.2, -0.15) is 4.37 Å². The molecule has 0 saturated carbocycles. The second-order valence-corrected chi connectivity index (χ2v) is 7.44. The second-order valence-electron chi connectivity index (χ2n) is 6.71. The van der Waals surface area contributed by atoms with Gasteiger partial charge in [0.15, 0.2) is 0 Å². The molecular weight excluding hydrogens is 356 g/mol. The lowest BCUT2D eigenvalue weighted by Crippen LogP contribution is -2.43. The monoisotopic (exact) mass is 378 g/mol. The van der Waals surface area contributed by atoms with E-state index in [1.807, 2.05) is 48.5 Å². The van der Waals surface area contributed by atoms with Crippen LogP contribution in [0.5, 0.6) is 0 Å². The molecule has 1 saturated heterocycles. The van der Waals surface area contributed by atoms with Gasteiger partial charge in [-0.15, -0.1) is 0 Å². The Morgan fingerprint density at radius 2 is 1.78 bits per heavy atom. The molecule has 0 spiro atoms. The highest BCUT2D eigenvalue weighted by atomic mass is 32.1. The first kappa shape index (κ1) is 17.7. The van der Waals surface area contributed by atoms with Gasteiger partial charge in [-0.05, 0) is 24.0 Å². The second kappa shape index (κ2) is 8.31. The first-order valence-electron chi connectivity index (χ1n) is 9.24. The fraction of sp³-hybridized carbons (Fsp3) is 0.286. The molecule has 1 aromatic heterocycles. The number of nitrogens with one attached hydrogen (secondary N) is 1. The van der Waals surface area contributed by atoms with Crippen molar-refractivity contribution in [3.8, 4) is 0 Å². The van der Waals surface area contributed by atoms with Gasteiger partial charge in [0.05, 0.1) is 0 Å². The summed E-state index contributed by atoms with van der Waals surface area (Å²) in [5.74, 6) is 0.882. The molecule has 0 bridgehead atoms. The molecule has 1 unspecified atom stereocenters. The summed E-state index contributed by atoms with van der Waals surface area (Å²) in [6.07, 6.45) is 2.57. The van der Waals surface area contributed by atoms with E-state index in [0.29, 0.717) is 6.54 Å². The number of rotatable bonds is 6. The summed E-state index contributed by atoms with van der Waals surface area (Å²) >= 11 is 1.39. The van der Waals surface area contributed by atoms with Crippen molar-refractivity contribution < 1.29 is 4.79 Å². The molecule has 1 atom stereocenters. The Hall–Kier alpha value is -2.73. The number of carbonyl (C=O) groups is 1. The smallest absolute Gasteiger partial charge is 0.243 e. The van der Waals surface area contributed by atoms with Crippen LogP contribution in [0, 0.1) is 0 Å². The molecule has 1 amide bonds. The zero-order valence-corrected chi connectivity index (χ0v) is 15.9. The molecule has 4 rings (SSSR count). The minimum absolute atomic E-state index is 0.0659. The number of anilines is 1. The number of hydrogen-bond donors (Lipinski definition) is 1. The Labute approximate surface area is 163 Å². The normalized spacial score (nSPS) is 16.4. The largest absolute Gasteiger partial charge is 0.350 e. The highest BCUT2D eigenvalue weighted by Gasteiger charge is 2.32. The molecule has 2 aromatic carbocycles. The highest BCUT2D eigenvalue weighted by Crippen LogP contribution is 2.27. The summed E-state index contributed by atoms with van der Waals surface area (Å²) in [7, 11) is 0. The van der Waals surface area contributed by atoms with Crippen LogP contribution in [0.4, 0.5) is 5.13 Å². The Balaban J connectivity index is 1.40. The Bertz CT molecular complexity index is 881. The standard InChI is InChI=1S/C21H22N4OS/c26-20(22-15-17-10-5-2-6-11-17)18-12-7-13-25(18)21-23-19(24-27-21)14-16-8-3-1-4-9-16/h1-6,8-11,18H,7,12-15H2,(H,22,26). The maximum Gasteiger partial charge on any atom is 0.243 e. The topological polar surface area (TPSA) is 58.1 Å². The lowest BCUT2D eigenvalue weighted by Gasteiger charge is -2.22. The first-order valence-corrected chi connectivity index (χ1v) is 10.0. The highest BCUT2D eigenvalue weighted by molar-refractivity contribution is 7.09. The van der Waals surface area contributed by atoms with Crippen molar-refractivity contribution in [3.63, 3.8) is 0 Å². The van der Waals surface area contributed by atoms with Crippen LogP contribution in [0.15, 0.2) is 60.7 Å². The molecule has 0 aliphatic carbocycles. The molecule has 138 valence electrons. The lowest BCUT2D eigenvalue weighted by molar-refractivity contribution is -0.122. The molecule has 1 aliphatic heterocycles. The van der Waals surface area contributed by atoms with Crippen molar-refractivity contribution in [2.75, 3.05) is 11.4 Å². The van der Waals surface area contributed by atoms with Crippen LogP contribution in [0.3, 0.4) is 0 Å². The van der Waals surface area contributed by atoms with Crippen molar-refractivity contribution in [3.05, 3.63) is 77.6 Å². The van der Waals surface area contributed by atoms with Gasteiger partial charge in [-0.1, -0.05) is 60.7 Å². The first-order chi connectivity index (χ1) is 13.3. The minimum atomic E-state index is -0.161. The molecule has 1 fully saturated rings. The van der Waals surface area contributed by atoms with E-state index in [9.17, 15) is 4.79 Å². The zero-order valence-electron chi connectivity index (χ0n) is 15.0. The summed E-state index contributed by atoms with van der Waals surface area (Å²) < 4.78 is 4.50. The van der Waals surface area contributed by atoms with E-state index in [0.717, 1.165) is 42.3 Å². The predicted molar refractivity (Wildman–Crippen MR) is 108 cm³/mol. The van der Waals surface area contributed by atoms with Crippen LogP contribution in [0.25, 0.3) is 0 Å². The number of nitrogens with zero attached hydrogens (tertiary/aromatic N) is 3. The molecule has 27 heavy (non-hydrogen) atoms. The maximum atomic E-state index is 12.7. The van der Waals surface area contributed by atoms with Crippen LogP contribution in [0.1, 0.15) is 29.8 Å². The van der Waals surface area contributed by atoms with Gasteiger partial charge >= 0.3 is 0 Å². The fourth-order valence-electron chi connectivity index (χ4n) is 3.38. The van der Waals surface area contributed by atoms with Crippen molar-refractivity contribution in [2.45, 2.75) is 31.8 Å². The number of aromatic nitrogens is 2. The van der Waals surface area contributed by atoms with E-state index in [2.05, 4.69) is 26.7 Å². The van der Waals surface area contributed by atoms with Crippen LogP contribution < -0.4 is 10.2 Å². The van der Waals surface area contributed by atoms with Crippen LogP contribution in [0.2, 0.25) is 0 Å². The quantitative estimate of drug-likeness (QED) is 0.714. The van der Waals surface area contributed by atoms with Crippen LogP contribution in [-0.2, 0) is 17.8 Å². The number of amides is 1. The number of benzene rings is 2. The molecule has 2 heterocycles. The Kier molecular flexibility index (Phi) is 5.44. The number of carbonyl (C=O) groups excluding carboxylic acids is 1. The van der Waals surface area contributed by atoms with E-state index >= 15 is 0 Å². The maximum absolute atomic E-state index is 12.7. The molecule has 1 N–H and O–H groups in total. The predicted octanol–water partition coefficient (Wildman–Crippen LogP) is 3.41. The van der Waals surface area contributed by atoms with E-state index < -0.39 is 0 Å². The van der Waals surface area contributed by atoms with Crippen molar-refractivity contribution >= 4 is 22.6 Å².